The van der Waals surface area contributed by atoms with Crippen LogP contribution in [0.5, 0.6) is 5.75 Å². The van der Waals surface area contributed by atoms with Gasteiger partial charge in [0, 0.05) is 17.6 Å². The molecule has 0 unspecified atom stereocenters. The predicted octanol–water partition coefficient (Wildman–Crippen LogP) is 4.53. The van der Waals surface area contributed by atoms with E-state index in [0.717, 1.165) is 66.6 Å². The van der Waals surface area contributed by atoms with Gasteiger partial charge in [0.25, 0.3) is 0 Å². The summed E-state index contributed by atoms with van der Waals surface area (Å²) in [5, 5.41) is 1.05. The summed E-state index contributed by atoms with van der Waals surface area (Å²) in [6, 6.07) is 12.5. The Labute approximate surface area is 153 Å². The third-order valence-corrected chi connectivity index (χ3v) is 4.77. The van der Waals surface area contributed by atoms with Crippen LogP contribution in [0.3, 0.4) is 0 Å². The molecule has 1 aromatic carbocycles. The van der Waals surface area contributed by atoms with Gasteiger partial charge in [-0.05, 0) is 54.7 Å². The average molecular weight is 349 g/mol. The molecule has 2 heterocycles. The van der Waals surface area contributed by atoms with Crippen LogP contribution >= 0.6 is 0 Å². The number of nitrogens with one attached hydrogen (secondary N) is 1. The molecular formula is C21H23N3O2. The molecule has 0 aliphatic heterocycles. The second-order valence-electron chi connectivity index (χ2n) is 6.74. The highest BCUT2D eigenvalue weighted by Crippen LogP contribution is 2.35. The average Bonchev–Trinajstić information content (AvgIpc) is 3.38. The van der Waals surface area contributed by atoms with Crippen LogP contribution in [0.1, 0.15) is 32.6 Å². The fourth-order valence-electron chi connectivity index (χ4n) is 3.14. The van der Waals surface area contributed by atoms with Gasteiger partial charge in [-0.15, -0.1) is 0 Å². The highest BCUT2D eigenvalue weighted by Gasteiger charge is 2.30. The van der Waals surface area contributed by atoms with E-state index < -0.39 is 0 Å². The molecule has 1 N–H and O–H groups in total. The molecule has 1 aliphatic carbocycles. The second kappa shape index (κ2) is 7.20. The molecule has 1 amide bonds. The molecule has 0 spiro atoms. The van der Waals surface area contributed by atoms with E-state index in [2.05, 4.69) is 29.0 Å². The van der Waals surface area contributed by atoms with Crippen molar-refractivity contribution in [1.82, 2.24) is 9.97 Å². The Bertz CT molecular complexity index is 897. The summed E-state index contributed by atoms with van der Waals surface area (Å²) in [4.78, 5) is 21.1. The number of anilines is 1. The number of unbranched alkanes of at least 4 members (excludes halogenated alkanes) is 1. The molecule has 2 aromatic heterocycles. The Morgan fingerprint density at radius 1 is 1.27 bits per heavy atom. The number of aromatic amines is 1. The summed E-state index contributed by atoms with van der Waals surface area (Å²) in [6.45, 7) is 2.90. The minimum Gasteiger partial charge on any atom is -0.494 e. The van der Waals surface area contributed by atoms with Crippen LogP contribution in [0.2, 0.25) is 0 Å². The smallest absolute Gasteiger partial charge is 0.215 e. The van der Waals surface area contributed by atoms with E-state index in [-0.39, 0.29) is 6.04 Å². The lowest BCUT2D eigenvalue weighted by molar-refractivity contribution is -0.107. The summed E-state index contributed by atoms with van der Waals surface area (Å²) in [6.07, 6.45) is 7.04. The summed E-state index contributed by atoms with van der Waals surface area (Å²) in [5.41, 5.74) is 2.95. The molecule has 5 heteroatoms. The maximum atomic E-state index is 11.5. The van der Waals surface area contributed by atoms with Gasteiger partial charge in [0.2, 0.25) is 6.41 Å². The van der Waals surface area contributed by atoms with Gasteiger partial charge in [-0.2, -0.15) is 0 Å². The normalized spacial score (nSPS) is 13.7. The monoisotopic (exact) mass is 349 g/mol. The number of pyridine rings is 1. The summed E-state index contributed by atoms with van der Waals surface area (Å²) < 4.78 is 5.76. The maximum Gasteiger partial charge on any atom is 0.215 e. The largest absolute Gasteiger partial charge is 0.494 e. The Hall–Kier alpha value is -2.82. The molecule has 1 saturated carbocycles. The Kier molecular flexibility index (Phi) is 4.61. The first kappa shape index (κ1) is 16.6. The number of amides is 1. The number of fused-ring (bicyclic) bond motifs is 1. The van der Waals surface area contributed by atoms with Crippen molar-refractivity contribution in [3.63, 3.8) is 0 Å². The van der Waals surface area contributed by atoms with Gasteiger partial charge in [0.05, 0.1) is 6.61 Å². The van der Waals surface area contributed by atoms with Gasteiger partial charge < -0.3 is 9.72 Å². The van der Waals surface area contributed by atoms with E-state index in [0.29, 0.717) is 5.82 Å². The number of nitrogens with zero attached hydrogens (tertiary/aromatic N) is 2. The van der Waals surface area contributed by atoms with E-state index in [1.165, 1.54) is 0 Å². The molecule has 134 valence electrons. The van der Waals surface area contributed by atoms with Gasteiger partial charge in [-0.1, -0.05) is 25.5 Å². The fourth-order valence-corrected chi connectivity index (χ4v) is 3.14. The van der Waals surface area contributed by atoms with Crippen LogP contribution < -0.4 is 9.64 Å². The number of rotatable bonds is 8. The van der Waals surface area contributed by atoms with Crippen LogP contribution in [-0.4, -0.2) is 29.0 Å². The topological polar surface area (TPSA) is 58.2 Å². The molecule has 0 atom stereocenters. The highest BCUT2D eigenvalue weighted by molar-refractivity contribution is 5.96. The SMILES string of the molecule is CCCCOc1ccc(-c2cc(N(C=O)C3CC3)nc3[nH]ccc23)cc1. The van der Waals surface area contributed by atoms with E-state index in [1.807, 2.05) is 30.5 Å². The van der Waals surface area contributed by atoms with Crippen LogP contribution in [-0.2, 0) is 4.79 Å². The zero-order chi connectivity index (χ0) is 17.9. The van der Waals surface area contributed by atoms with Crippen molar-refractivity contribution >= 4 is 23.3 Å². The van der Waals surface area contributed by atoms with Crippen LogP contribution in [0.4, 0.5) is 5.82 Å². The van der Waals surface area contributed by atoms with Crippen molar-refractivity contribution in [1.29, 1.82) is 0 Å². The number of hydrogen-bond acceptors (Lipinski definition) is 3. The summed E-state index contributed by atoms with van der Waals surface area (Å²) >= 11 is 0. The zero-order valence-electron chi connectivity index (χ0n) is 14.9. The second-order valence-corrected chi connectivity index (χ2v) is 6.74. The lowest BCUT2D eigenvalue weighted by atomic mass is 10.0. The zero-order valence-corrected chi connectivity index (χ0v) is 14.9. The predicted molar refractivity (Wildman–Crippen MR) is 103 cm³/mol. The molecule has 26 heavy (non-hydrogen) atoms. The number of aromatic nitrogens is 2. The number of H-pyrrole nitrogens is 1. The Balaban J connectivity index is 1.68. The fraction of sp³-hybridized carbons (Fsp3) is 0.333. The quantitative estimate of drug-likeness (QED) is 0.480. The van der Waals surface area contributed by atoms with Crippen molar-refractivity contribution in [3.8, 4) is 16.9 Å². The number of benzene rings is 1. The van der Waals surface area contributed by atoms with Gasteiger partial charge in [-0.25, -0.2) is 4.98 Å². The summed E-state index contributed by atoms with van der Waals surface area (Å²) in [5.74, 6) is 1.59. The molecule has 1 aliphatic rings. The molecule has 5 nitrogen and oxygen atoms in total. The van der Waals surface area contributed by atoms with Gasteiger partial charge in [0.1, 0.15) is 17.2 Å². The number of carbonyl (C=O) groups is 1. The maximum absolute atomic E-state index is 11.5. The molecule has 0 saturated heterocycles. The standard InChI is InChI=1S/C21H23N3O2/c1-2-3-12-26-17-8-4-15(5-9-17)19-13-20(24(14-25)16-6-7-16)23-21-18(19)10-11-22-21/h4-5,8-11,13-14,16H,2-3,6-7,12H2,1H3,(H,22,23). The van der Waals surface area contributed by atoms with Crippen LogP contribution in [0.15, 0.2) is 42.6 Å². The number of ether oxygens (including phenoxy) is 1. The third-order valence-electron chi connectivity index (χ3n) is 4.77. The molecule has 1 fully saturated rings. The first-order valence-corrected chi connectivity index (χ1v) is 9.25. The lowest BCUT2D eigenvalue weighted by Gasteiger charge is -2.17. The van der Waals surface area contributed by atoms with E-state index in [9.17, 15) is 4.79 Å². The Morgan fingerprint density at radius 2 is 2.08 bits per heavy atom. The molecule has 4 rings (SSSR count). The number of hydrogen-bond donors (Lipinski definition) is 1. The van der Waals surface area contributed by atoms with Crippen molar-refractivity contribution < 1.29 is 9.53 Å². The van der Waals surface area contributed by atoms with E-state index in [4.69, 9.17) is 4.74 Å². The highest BCUT2D eigenvalue weighted by atomic mass is 16.5. The van der Waals surface area contributed by atoms with Crippen LogP contribution in [0.25, 0.3) is 22.2 Å². The first-order chi connectivity index (χ1) is 12.8. The molecule has 3 aromatic rings. The first-order valence-electron chi connectivity index (χ1n) is 9.25. The van der Waals surface area contributed by atoms with Gasteiger partial charge in [-0.3, -0.25) is 9.69 Å². The molecule has 0 bridgehead atoms. The molecular weight excluding hydrogens is 326 g/mol. The van der Waals surface area contributed by atoms with E-state index in [1.54, 1.807) is 4.90 Å². The van der Waals surface area contributed by atoms with Crippen molar-refractivity contribution in [2.75, 3.05) is 11.5 Å². The van der Waals surface area contributed by atoms with Crippen LogP contribution in [0, 0.1) is 0 Å². The minimum atomic E-state index is 0.287. The Morgan fingerprint density at radius 3 is 2.77 bits per heavy atom. The number of carbonyl (C=O) groups excluding carboxylic acids is 1. The lowest BCUT2D eigenvalue weighted by Crippen LogP contribution is -2.24. The van der Waals surface area contributed by atoms with Crippen molar-refractivity contribution in [3.05, 3.63) is 42.6 Å². The minimum absolute atomic E-state index is 0.287. The molecule has 0 radical (unpaired) electrons. The summed E-state index contributed by atoms with van der Waals surface area (Å²) in [7, 11) is 0. The van der Waals surface area contributed by atoms with Crippen molar-refractivity contribution in [2.24, 2.45) is 0 Å². The van der Waals surface area contributed by atoms with E-state index >= 15 is 0 Å². The van der Waals surface area contributed by atoms with Gasteiger partial charge in [0.15, 0.2) is 0 Å². The third kappa shape index (κ3) is 3.29. The van der Waals surface area contributed by atoms with Gasteiger partial charge >= 0.3 is 0 Å². The van der Waals surface area contributed by atoms with Crippen molar-refractivity contribution in [2.45, 2.75) is 38.6 Å².